The molecule has 1 N–H and O–H groups in total. The van der Waals surface area contributed by atoms with Crippen LogP contribution in [-0.4, -0.2) is 27.0 Å². The van der Waals surface area contributed by atoms with Gasteiger partial charge in [-0.25, -0.2) is 8.42 Å². The van der Waals surface area contributed by atoms with Crippen molar-refractivity contribution in [2.45, 2.75) is 18.0 Å². The summed E-state index contributed by atoms with van der Waals surface area (Å²) in [5.74, 6) is -1.05. The fourth-order valence-electron chi connectivity index (χ4n) is 1.32. The normalized spacial score (nSPS) is 12.3. The Hall–Kier alpha value is -0.800. The SMILES string of the molecule is Cc1c(Br)cc(C(=O)NCC(F)(F)F)cc1S(=O)(=O)Cl. The first-order valence-electron chi connectivity index (χ1n) is 5.01. The minimum Gasteiger partial charge on any atom is -0.343 e. The van der Waals surface area contributed by atoms with Gasteiger partial charge in [0, 0.05) is 20.7 Å². The number of hydrogen-bond donors (Lipinski definition) is 1. The van der Waals surface area contributed by atoms with Crippen LogP contribution in [0.2, 0.25) is 0 Å². The third kappa shape index (κ3) is 4.64. The van der Waals surface area contributed by atoms with Gasteiger partial charge >= 0.3 is 6.18 Å². The molecule has 1 aromatic carbocycles. The fraction of sp³-hybridized carbons (Fsp3) is 0.300. The summed E-state index contributed by atoms with van der Waals surface area (Å²) in [5.41, 5.74) is 0.0123. The second kappa shape index (κ2) is 5.90. The van der Waals surface area contributed by atoms with Crippen molar-refractivity contribution < 1.29 is 26.4 Å². The Kier molecular flexibility index (Phi) is 5.09. The second-order valence-corrected chi connectivity index (χ2v) is 7.21. The van der Waals surface area contributed by atoms with Crippen molar-refractivity contribution in [1.29, 1.82) is 0 Å². The second-order valence-electron chi connectivity index (χ2n) is 3.82. The van der Waals surface area contributed by atoms with E-state index < -0.39 is 27.7 Å². The molecule has 0 aliphatic carbocycles. The van der Waals surface area contributed by atoms with Gasteiger partial charge in [0.1, 0.15) is 6.54 Å². The summed E-state index contributed by atoms with van der Waals surface area (Å²) < 4.78 is 58.9. The predicted octanol–water partition coefficient (Wildman–Crippen LogP) is 2.98. The van der Waals surface area contributed by atoms with Crippen LogP contribution in [0, 0.1) is 6.92 Å². The number of benzene rings is 1. The summed E-state index contributed by atoms with van der Waals surface area (Å²) in [4.78, 5) is 11.2. The molecule has 0 unspecified atom stereocenters. The monoisotopic (exact) mass is 393 g/mol. The number of alkyl halides is 3. The molecule has 0 atom stereocenters. The molecule has 0 spiro atoms. The number of nitrogens with one attached hydrogen (secondary N) is 1. The molecule has 0 heterocycles. The Morgan fingerprint density at radius 3 is 2.40 bits per heavy atom. The molecule has 0 aliphatic rings. The van der Waals surface area contributed by atoms with E-state index in [9.17, 15) is 26.4 Å². The molecule has 0 aromatic heterocycles. The molecule has 4 nitrogen and oxygen atoms in total. The highest BCUT2D eigenvalue weighted by Gasteiger charge is 2.28. The summed E-state index contributed by atoms with van der Waals surface area (Å²) in [6, 6.07) is 2.14. The van der Waals surface area contributed by atoms with E-state index in [1.807, 2.05) is 0 Å². The van der Waals surface area contributed by atoms with E-state index in [4.69, 9.17) is 10.7 Å². The van der Waals surface area contributed by atoms with Gasteiger partial charge < -0.3 is 5.32 Å². The standard InChI is InChI=1S/C10H8BrClF3NO3S/c1-5-7(11)2-6(3-8(5)20(12,18)19)9(17)16-4-10(13,14)15/h2-3H,4H2,1H3,(H,16,17). The van der Waals surface area contributed by atoms with E-state index in [2.05, 4.69) is 15.9 Å². The van der Waals surface area contributed by atoms with Crippen molar-refractivity contribution in [2.75, 3.05) is 6.54 Å². The molecule has 0 radical (unpaired) electrons. The topological polar surface area (TPSA) is 63.2 Å². The lowest BCUT2D eigenvalue weighted by atomic mass is 10.1. The van der Waals surface area contributed by atoms with E-state index in [-0.39, 0.29) is 20.5 Å². The number of carbonyl (C=O) groups is 1. The summed E-state index contributed by atoms with van der Waals surface area (Å²) in [7, 11) is 1.09. The average molecular weight is 395 g/mol. The van der Waals surface area contributed by atoms with E-state index in [0.29, 0.717) is 0 Å². The van der Waals surface area contributed by atoms with Crippen LogP contribution in [0.1, 0.15) is 15.9 Å². The minimum absolute atomic E-state index is 0.244. The number of rotatable bonds is 3. The highest BCUT2D eigenvalue weighted by atomic mass is 79.9. The van der Waals surface area contributed by atoms with E-state index in [1.54, 1.807) is 5.32 Å². The lowest BCUT2D eigenvalue weighted by Gasteiger charge is -2.11. The van der Waals surface area contributed by atoms with Gasteiger partial charge in [0.2, 0.25) is 0 Å². The Balaban J connectivity index is 3.15. The van der Waals surface area contributed by atoms with Gasteiger partial charge in [0.15, 0.2) is 0 Å². The van der Waals surface area contributed by atoms with Crippen molar-refractivity contribution in [1.82, 2.24) is 5.32 Å². The molecule has 10 heteroatoms. The van der Waals surface area contributed by atoms with Gasteiger partial charge in [-0.15, -0.1) is 0 Å². The van der Waals surface area contributed by atoms with Gasteiger partial charge in [-0.1, -0.05) is 15.9 Å². The lowest BCUT2D eigenvalue weighted by molar-refractivity contribution is -0.123. The summed E-state index contributed by atoms with van der Waals surface area (Å²) in [6.45, 7) is -0.0724. The molecule has 0 aliphatic heterocycles. The first-order valence-corrected chi connectivity index (χ1v) is 8.12. The molecule has 0 saturated heterocycles. The smallest absolute Gasteiger partial charge is 0.343 e. The molecule has 0 bridgehead atoms. The first-order chi connectivity index (χ1) is 8.92. The predicted molar refractivity (Wildman–Crippen MR) is 70.3 cm³/mol. The molecule has 0 fully saturated rings. The number of hydrogen-bond acceptors (Lipinski definition) is 3. The van der Waals surface area contributed by atoms with Crippen molar-refractivity contribution in [3.63, 3.8) is 0 Å². The summed E-state index contributed by atoms with van der Waals surface area (Å²) >= 11 is 3.02. The van der Waals surface area contributed by atoms with E-state index in [1.165, 1.54) is 13.0 Å². The van der Waals surface area contributed by atoms with Gasteiger partial charge in [0.05, 0.1) is 4.90 Å². The van der Waals surface area contributed by atoms with Crippen LogP contribution in [0.3, 0.4) is 0 Å². The van der Waals surface area contributed by atoms with Gasteiger partial charge in [-0.2, -0.15) is 13.2 Å². The summed E-state index contributed by atoms with van der Waals surface area (Å²) in [6.07, 6.45) is -4.56. The molecule has 20 heavy (non-hydrogen) atoms. The molecular weight excluding hydrogens is 387 g/mol. The molecule has 1 aromatic rings. The number of amides is 1. The third-order valence-corrected chi connectivity index (χ3v) is 4.54. The highest BCUT2D eigenvalue weighted by Crippen LogP contribution is 2.28. The zero-order chi connectivity index (χ0) is 15.7. The molecule has 0 saturated carbocycles. The van der Waals surface area contributed by atoms with Gasteiger partial charge in [-0.05, 0) is 24.6 Å². The zero-order valence-corrected chi connectivity index (χ0v) is 13.0. The largest absolute Gasteiger partial charge is 0.405 e. The Morgan fingerprint density at radius 2 is 1.95 bits per heavy atom. The van der Waals surface area contributed by atoms with Gasteiger partial charge in [-0.3, -0.25) is 4.79 Å². The molecule has 1 amide bonds. The summed E-state index contributed by atoms with van der Waals surface area (Å²) in [5, 5.41) is 1.64. The lowest BCUT2D eigenvalue weighted by Crippen LogP contribution is -2.33. The van der Waals surface area contributed by atoms with Gasteiger partial charge in [0.25, 0.3) is 15.0 Å². The number of halogens is 5. The Bertz CT molecular complexity index is 646. The van der Waals surface area contributed by atoms with Crippen LogP contribution in [0.15, 0.2) is 21.5 Å². The van der Waals surface area contributed by atoms with Crippen molar-refractivity contribution in [3.8, 4) is 0 Å². The Morgan fingerprint density at radius 1 is 1.40 bits per heavy atom. The minimum atomic E-state index is -4.56. The highest BCUT2D eigenvalue weighted by molar-refractivity contribution is 9.10. The maximum Gasteiger partial charge on any atom is 0.405 e. The maximum atomic E-state index is 12.0. The molecule has 112 valence electrons. The average Bonchev–Trinajstić information content (AvgIpc) is 2.26. The third-order valence-electron chi connectivity index (χ3n) is 2.27. The van der Waals surface area contributed by atoms with Crippen LogP contribution in [0.4, 0.5) is 13.2 Å². The van der Waals surface area contributed by atoms with Crippen LogP contribution < -0.4 is 5.32 Å². The van der Waals surface area contributed by atoms with Crippen molar-refractivity contribution in [2.24, 2.45) is 0 Å². The van der Waals surface area contributed by atoms with Crippen LogP contribution in [0.25, 0.3) is 0 Å². The van der Waals surface area contributed by atoms with Crippen LogP contribution >= 0.6 is 26.6 Å². The zero-order valence-electron chi connectivity index (χ0n) is 9.88. The maximum absolute atomic E-state index is 12.0. The van der Waals surface area contributed by atoms with E-state index >= 15 is 0 Å². The fourth-order valence-corrected chi connectivity index (χ4v) is 3.14. The van der Waals surface area contributed by atoms with E-state index in [0.717, 1.165) is 6.07 Å². The van der Waals surface area contributed by atoms with Crippen molar-refractivity contribution >= 4 is 41.6 Å². The van der Waals surface area contributed by atoms with Crippen LogP contribution in [-0.2, 0) is 9.05 Å². The quantitative estimate of drug-likeness (QED) is 0.802. The van der Waals surface area contributed by atoms with Crippen molar-refractivity contribution in [3.05, 3.63) is 27.7 Å². The molecular formula is C10H8BrClF3NO3S. The van der Waals surface area contributed by atoms with Crippen LogP contribution in [0.5, 0.6) is 0 Å². The first kappa shape index (κ1) is 17.3. The Labute approximate surface area is 125 Å². The number of carbonyl (C=O) groups excluding carboxylic acids is 1. The molecule has 1 rings (SSSR count).